The van der Waals surface area contributed by atoms with Crippen LogP contribution in [0, 0.1) is 3.57 Å². The van der Waals surface area contributed by atoms with Crippen molar-refractivity contribution in [2.45, 2.75) is 39.3 Å². The number of rotatable bonds is 0. The lowest BCUT2D eigenvalue weighted by atomic mass is 10.0. The van der Waals surface area contributed by atoms with Crippen molar-refractivity contribution in [2.24, 2.45) is 0 Å². The van der Waals surface area contributed by atoms with E-state index in [1.54, 1.807) is 4.90 Å². The van der Waals surface area contributed by atoms with Crippen LogP contribution in [0.1, 0.15) is 31.9 Å². The zero-order valence-corrected chi connectivity index (χ0v) is 13.2. The SMILES string of the molecule is CC(C)(C)OC(=O)N1CCc2ccc(I)cc2C1. The Balaban J connectivity index is 2.09. The van der Waals surface area contributed by atoms with E-state index in [4.69, 9.17) is 4.74 Å². The second-order valence-electron chi connectivity index (χ2n) is 5.56. The molecule has 18 heavy (non-hydrogen) atoms. The van der Waals surface area contributed by atoms with Crippen LogP contribution in [0.4, 0.5) is 4.79 Å². The van der Waals surface area contributed by atoms with E-state index in [1.807, 2.05) is 20.8 Å². The van der Waals surface area contributed by atoms with E-state index in [0.717, 1.165) is 13.0 Å². The fourth-order valence-corrected chi connectivity index (χ4v) is 2.56. The fourth-order valence-electron chi connectivity index (χ4n) is 2.01. The van der Waals surface area contributed by atoms with Crippen molar-refractivity contribution in [2.75, 3.05) is 6.54 Å². The molecule has 0 aliphatic carbocycles. The quantitative estimate of drug-likeness (QED) is 0.663. The highest BCUT2D eigenvalue weighted by atomic mass is 127. The van der Waals surface area contributed by atoms with Gasteiger partial charge in [-0.3, -0.25) is 0 Å². The van der Waals surface area contributed by atoms with Crippen LogP contribution in [0.5, 0.6) is 0 Å². The molecule has 1 aliphatic heterocycles. The summed E-state index contributed by atoms with van der Waals surface area (Å²) < 4.78 is 6.61. The Labute approximate surface area is 122 Å². The first-order valence-electron chi connectivity index (χ1n) is 6.10. The third-order valence-electron chi connectivity index (χ3n) is 2.83. The number of ether oxygens (including phenoxy) is 1. The van der Waals surface area contributed by atoms with Gasteiger partial charge in [0.25, 0.3) is 0 Å². The molecule has 0 fully saturated rings. The summed E-state index contributed by atoms with van der Waals surface area (Å²) in [5.74, 6) is 0. The smallest absolute Gasteiger partial charge is 0.410 e. The van der Waals surface area contributed by atoms with Crippen molar-refractivity contribution in [3.63, 3.8) is 0 Å². The summed E-state index contributed by atoms with van der Waals surface area (Å²) in [6, 6.07) is 6.42. The van der Waals surface area contributed by atoms with E-state index in [1.165, 1.54) is 14.7 Å². The molecule has 1 amide bonds. The summed E-state index contributed by atoms with van der Waals surface area (Å²) in [5.41, 5.74) is 2.15. The predicted molar refractivity (Wildman–Crippen MR) is 79.5 cm³/mol. The van der Waals surface area contributed by atoms with Gasteiger partial charge in [0.1, 0.15) is 5.60 Å². The molecule has 0 unspecified atom stereocenters. The van der Waals surface area contributed by atoms with Gasteiger partial charge in [0.15, 0.2) is 0 Å². The molecule has 2 rings (SSSR count). The molecule has 0 atom stereocenters. The van der Waals surface area contributed by atoms with Crippen LogP contribution in [0.2, 0.25) is 0 Å². The number of fused-ring (bicyclic) bond motifs is 1. The number of benzene rings is 1. The van der Waals surface area contributed by atoms with Gasteiger partial charge in [0, 0.05) is 16.7 Å². The number of carbonyl (C=O) groups excluding carboxylic acids is 1. The van der Waals surface area contributed by atoms with Gasteiger partial charge in [0.05, 0.1) is 0 Å². The Morgan fingerprint density at radius 2 is 2.06 bits per heavy atom. The molecule has 98 valence electrons. The van der Waals surface area contributed by atoms with Gasteiger partial charge in [-0.2, -0.15) is 0 Å². The highest BCUT2D eigenvalue weighted by molar-refractivity contribution is 14.1. The van der Waals surface area contributed by atoms with Crippen LogP contribution in [-0.4, -0.2) is 23.1 Å². The third kappa shape index (κ3) is 3.37. The average Bonchev–Trinajstić information content (AvgIpc) is 2.25. The summed E-state index contributed by atoms with van der Waals surface area (Å²) in [5, 5.41) is 0. The summed E-state index contributed by atoms with van der Waals surface area (Å²) in [4.78, 5) is 13.8. The lowest BCUT2D eigenvalue weighted by Gasteiger charge is -2.31. The van der Waals surface area contributed by atoms with Crippen molar-refractivity contribution in [1.82, 2.24) is 4.90 Å². The Kier molecular flexibility index (Phi) is 3.84. The summed E-state index contributed by atoms with van der Waals surface area (Å²) >= 11 is 2.30. The molecule has 0 aromatic heterocycles. The third-order valence-corrected chi connectivity index (χ3v) is 3.50. The number of amides is 1. The maximum absolute atomic E-state index is 12.0. The maximum Gasteiger partial charge on any atom is 0.410 e. The number of halogens is 1. The maximum atomic E-state index is 12.0. The molecule has 1 aromatic rings. The largest absolute Gasteiger partial charge is 0.444 e. The van der Waals surface area contributed by atoms with Gasteiger partial charge >= 0.3 is 6.09 Å². The van der Waals surface area contributed by atoms with Crippen LogP contribution in [0.3, 0.4) is 0 Å². The molecule has 0 bridgehead atoms. The fraction of sp³-hybridized carbons (Fsp3) is 0.500. The molecule has 0 saturated heterocycles. The van der Waals surface area contributed by atoms with E-state index in [-0.39, 0.29) is 6.09 Å². The van der Waals surface area contributed by atoms with E-state index in [2.05, 4.69) is 40.8 Å². The number of hydrogen-bond donors (Lipinski definition) is 0. The molecule has 1 aromatic carbocycles. The van der Waals surface area contributed by atoms with E-state index >= 15 is 0 Å². The van der Waals surface area contributed by atoms with Crippen LogP contribution in [-0.2, 0) is 17.7 Å². The molecule has 0 radical (unpaired) electrons. The summed E-state index contributed by atoms with van der Waals surface area (Å²) in [6.07, 6.45) is 0.693. The molecule has 3 nitrogen and oxygen atoms in total. The monoisotopic (exact) mass is 359 g/mol. The first-order valence-corrected chi connectivity index (χ1v) is 7.18. The molecule has 1 aliphatic rings. The van der Waals surface area contributed by atoms with Crippen LogP contribution < -0.4 is 0 Å². The van der Waals surface area contributed by atoms with Crippen molar-refractivity contribution in [3.05, 3.63) is 32.9 Å². The molecule has 1 heterocycles. The summed E-state index contributed by atoms with van der Waals surface area (Å²) in [7, 11) is 0. The van der Waals surface area contributed by atoms with Gasteiger partial charge in [-0.1, -0.05) is 6.07 Å². The minimum absolute atomic E-state index is 0.216. The highest BCUT2D eigenvalue weighted by Crippen LogP contribution is 2.22. The Hall–Kier alpha value is -0.780. The molecular weight excluding hydrogens is 341 g/mol. The van der Waals surface area contributed by atoms with Gasteiger partial charge in [-0.25, -0.2) is 4.79 Å². The average molecular weight is 359 g/mol. The Bertz CT molecular complexity index is 465. The van der Waals surface area contributed by atoms with Gasteiger partial charge in [-0.15, -0.1) is 0 Å². The lowest BCUT2D eigenvalue weighted by molar-refractivity contribution is 0.0224. The van der Waals surface area contributed by atoms with Crippen molar-refractivity contribution < 1.29 is 9.53 Å². The standard InChI is InChI=1S/C14H18INO2/c1-14(2,3)18-13(17)16-7-6-10-4-5-12(15)8-11(10)9-16/h4-5,8H,6-7,9H2,1-3H3. The lowest BCUT2D eigenvalue weighted by Crippen LogP contribution is -2.39. The van der Waals surface area contributed by atoms with Crippen molar-refractivity contribution in [3.8, 4) is 0 Å². The molecule has 4 heteroatoms. The highest BCUT2D eigenvalue weighted by Gasteiger charge is 2.25. The zero-order chi connectivity index (χ0) is 13.3. The van der Waals surface area contributed by atoms with E-state index in [9.17, 15) is 4.79 Å². The Morgan fingerprint density at radius 3 is 2.72 bits per heavy atom. The zero-order valence-electron chi connectivity index (χ0n) is 11.0. The molecule has 0 saturated carbocycles. The molecule has 0 spiro atoms. The Morgan fingerprint density at radius 1 is 1.33 bits per heavy atom. The van der Waals surface area contributed by atoms with Crippen LogP contribution >= 0.6 is 22.6 Å². The van der Waals surface area contributed by atoms with Gasteiger partial charge < -0.3 is 9.64 Å². The second-order valence-corrected chi connectivity index (χ2v) is 6.81. The second kappa shape index (κ2) is 5.07. The van der Waals surface area contributed by atoms with Gasteiger partial charge in [-0.05, 0) is 73.0 Å². The minimum Gasteiger partial charge on any atom is -0.444 e. The first kappa shape index (κ1) is 13.6. The number of nitrogens with zero attached hydrogens (tertiary/aromatic N) is 1. The van der Waals surface area contributed by atoms with Crippen LogP contribution in [0.15, 0.2) is 18.2 Å². The minimum atomic E-state index is -0.428. The topological polar surface area (TPSA) is 29.5 Å². The van der Waals surface area contributed by atoms with E-state index < -0.39 is 5.60 Å². The molecular formula is C14H18INO2. The van der Waals surface area contributed by atoms with E-state index in [0.29, 0.717) is 6.54 Å². The summed E-state index contributed by atoms with van der Waals surface area (Å²) in [6.45, 7) is 7.08. The first-order chi connectivity index (χ1) is 8.35. The van der Waals surface area contributed by atoms with Crippen LogP contribution in [0.25, 0.3) is 0 Å². The van der Waals surface area contributed by atoms with Crippen molar-refractivity contribution >= 4 is 28.7 Å². The predicted octanol–water partition coefficient (Wildman–Crippen LogP) is 3.58. The number of hydrogen-bond acceptors (Lipinski definition) is 2. The van der Waals surface area contributed by atoms with Gasteiger partial charge in [0.2, 0.25) is 0 Å². The number of carbonyl (C=O) groups is 1. The normalized spacial score (nSPS) is 15.2. The van der Waals surface area contributed by atoms with Crippen molar-refractivity contribution in [1.29, 1.82) is 0 Å². The molecule has 0 N–H and O–H groups in total.